The number of carboxylic acid groups (broad SMARTS) is 1. The fourth-order valence-electron chi connectivity index (χ4n) is 1.55. The van der Waals surface area contributed by atoms with E-state index in [1.807, 2.05) is 6.92 Å². The number of carbonyl (C=O) groups excluding carboxylic acids is 1. The van der Waals surface area contributed by atoms with Crippen molar-refractivity contribution in [3.05, 3.63) is 29.8 Å². The van der Waals surface area contributed by atoms with E-state index in [1.54, 1.807) is 24.3 Å². The van der Waals surface area contributed by atoms with E-state index in [2.05, 4.69) is 0 Å². The van der Waals surface area contributed by atoms with Crippen LogP contribution in [0.3, 0.4) is 0 Å². The topological polar surface area (TPSA) is 63.6 Å². The van der Waals surface area contributed by atoms with Gasteiger partial charge < -0.3 is 9.84 Å². The van der Waals surface area contributed by atoms with Crippen LogP contribution >= 0.6 is 0 Å². The molecule has 0 heterocycles. The lowest BCUT2D eigenvalue weighted by atomic mass is 10.1. The first-order valence-electron chi connectivity index (χ1n) is 6.05. The first-order valence-corrected chi connectivity index (χ1v) is 6.05. The molecule has 0 fully saturated rings. The van der Waals surface area contributed by atoms with Gasteiger partial charge in [0.05, 0.1) is 0 Å². The monoisotopic (exact) mass is 250 g/mol. The highest BCUT2D eigenvalue weighted by molar-refractivity contribution is 5.94. The van der Waals surface area contributed by atoms with Crippen LogP contribution < -0.4 is 4.74 Å². The molecule has 1 unspecified atom stereocenters. The summed E-state index contributed by atoms with van der Waals surface area (Å²) in [4.78, 5) is 22.1. The second-order valence-corrected chi connectivity index (χ2v) is 4.17. The Morgan fingerprint density at radius 2 is 1.89 bits per heavy atom. The van der Waals surface area contributed by atoms with Gasteiger partial charge in [0.2, 0.25) is 0 Å². The van der Waals surface area contributed by atoms with Crippen molar-refractivity contribution in [2.24, 2.45) is 0 Å². The Balaban J connectivity index is 2.68. The molecule has 98 valence electrons. The van der Waals surface area contributed by atoms with Crippen LogP contribution in [0.15, 0.2) is 24.3 Å². The summed E-state index contributed by atoms with van der Waals surface area (Å²) in [5.74, 6) is -0.509. The summed E-state index contributed by atoms with van der Waals surface area (Å²) in [6, 6.07) is 6.52. The second-order valence-electron chi connectivity index (χ2n) is 4.17. The molecular weight excluding hydrogens is 232 g/mol. The molecule has 1 rings (SSSR count). The lowest BCUT2D eigenvalue weighted by Gasteiger charge is -2.14. The zero-order chi connectivity index (χ0) is 13.5. The molecule has 1 aromatic carbocycles. The maximum absolute atomic E-state index is 11.1. The predicted octanol–water partition coefficient (Wildman–Crippen LogP) is 2.91. The molecule has 1 atom stereocenters. The summed E-state index contributed by atoms with van der Waals surface area (Å²) in [7, 11) is 0. The number of ketones is 1. The van der Waals surface area contributed by atoms with Crippen LogP contribution in [0, 0.1) is 0 Å². The van der Waals surface area contributed by atoms with Crippen molar-refractivity contribution in [2.75, 3.05) is 0 Å². The van der Waals surface area contributed by atoms with Crippen LogP contribution in [-0.2, 0) is 4.79 Å². The lowest BCUT2D eigenvalue weighted by Crippen LogP contribution is -2.26. The molecular formula is C14H18O4. The van der Waals surface area contributed by atoms with Gasteiger partial charge >= 0.3 is 5.97 Å². The number of hydrogen-bond acceptors (Lipinski definition) is 3. The van der Waals surface area contributed by atoms with E-state index in [9.17, 15) is 9.59 Å². The fourth-order valence-corrected chi connectivity index (χ4v) is 1.55. The molecule has 0 saturated carbocycles. The van der Waals surface area contributed by atoms with Crippen LogP contribution in [0.5, 0.6) is 5.75 Å². The van der Waals surface area contributed by atoms with Crippen LogP contribution in [0.1, 0.15) is 43.5 Å². The zero-order valence-electron chi connectivity index (χ0n) is 10.7. The average molecular weight is 250 g/mol. The van der Waals surface area contributed by atoms with E-state index in [0.717, 1.165) is 12.8 Å². The standard InChI is InChI=1S/C14H18O4/c1-3-4-5-13(14(16)17)18-12-8-6-11(7-9-12)10(2)15/h6-9,13H,3-5H2,1-2H3,(H,16,17). The third kappa shape index (κ3) is 4.20. The third-order valence-electron chi connectivity index (χ3n) is 2.63. The fraction of sp³-hybridized carbons (Fsp3) is 0.429. The lowest BCUT2D eigenvalue weighted by molar-refractivity contribution is -0.145. The molecule has 0 aliphatic carbocycles. The highest BCUT2D eigenvalue weighted by Gasteiger charge is 2.18. The van der Waals surface area contributed by atoms with Gasteiger partial charge in [-0.05, 0) is 44.0 Å². The number of aliphatic carboxylic acids is 1. The number of Topliss-reactive ketones (excluding diaryl/α,β-unsaturated/α-hetero) is 1. The summed E-state index contributed by atoms with van der Waals surface area (Å²) in [6.07, 6.45) is 1.40. The minimum Gasteiger partial charge on any atom is -0.479 e. The van der Waals surface area contributed by atoms with Crippen LogP contribution in [0.25, 0.3) is 0 Å². The molecule has 4 heteroatoms. The largest absolute Gasteiger partial charge is 0.479 e. The van der Waals surface area contributed by atoms with Crippen molar-refractivity contribution in [3.8, 4) is 5.75 Å². The zero-order valence-corrected chi connectivity index (χ0v) is 10.7. The third-order valence-corrected chi connectivity index (χ3v) is 2.63. The molecule has 0 aliphatic rings. The van der Waals surface area contributed by atoms with Crippen molar-refractivity contribution in [1.82, 2.24) is 0 Å². The molecule has 0 aromatic heterocycles. The van der Waals surface area contributed by atoms with Crippen LogP contribution in [0.4, 0.5) is 0 Å². The molecule has 0 spiro atoms. The average Bonchev–Trinajstić information content (AvgIpc) is 2.34. The minimum atomic E-state index is -0.959. The number of unbranched alkanes of at least 4 members (excludes halogenated alkanes) is 1. The highest BCUT2D eigenvalue weighted by atomic mass is 16.5. The van der Waals surface area contributed by atoms with E-state index < -0.39 is 12.1 Å². The predicted molar refractivity (Wildman–Crippen MR) is 68.0 cm³/mol. The Hall–Kier alpha value is -1.84. The first kappa shape index (κ1) is 14.2. The summed E-state index contributed by atoms with van der Waals surface area (Å²) in [5, 5.41) is 9.02. The molecule has 4 nitrogen and oxygen atoms in total. The maximum Gasteiger partial charge on any atom is 0.344 e. The van der Waals surface area contributed by atoms with Crippen molar-refractivity contribution >= 4 is 11.8 Å². The molecule has 1 aromatic rings. The molecule has 0 amide bonds. The summed E-state index contributed by atoms with van der Waals surface area (Å²) < 4.78 is 5.40. The number of hydrogen-bond donors (Lipinski definition) is 1. The maximum atomic E-state index is 11.1. The van der Waals surface area contributed by atoms with E-state index >= 15 is 0 Å². The molecule has 0 radical (unpaired) electrons. The minimum absolute atomic E-state index is 0.0256. The smallest absolute Gasteiger partial charge is 0.344 e. The highest BCUT2D eigenvalue weighted by Crippen LogP contribution is 2.16. The van der Waals surface area contributed by atoms with Crippen molar-refractivity contribution in [3.63, 3.8) is 0 Å². The first-order chi connectivity index (χ1) is 8.54. The van der Waals surface area contributed by atoms with Gasteiger partial charge in [-0.15, -0.1) is 0 Å². The Bertz CT molecular complexity index is 408. The number of rotatable bonds is 7. The van der Waals surface area contributed by atoms with Crippen LogP contribution in [-0.4, -0.2) is 23.0 Å². The Labute approximate surface area is 107 Å². The number of ether oxygens (including phenoxy) is 1. The number of benzene rings is 1. The van der Waals surface area contributed by atoms with Gasteiger partial charge in [0.15, 0.2) is 11.9 Å². The Kier molecular flexibility index (Phi) is 5.36. The molecule has 18 heavy (non-hydrogen) atoms. The number of carbonyl (C=O) groups is 2. The summed E-state index contributed by atoms with van der Waals surface area (Å²) in [6.45, 7) is 3.48. The van der Waals surface area contributed by atoms with Gasteiger partial charge in [-0.3, -0.25) is 4.79 Å². The van der Waals surface area contributed by atoms with Gasteiger partial charge in [-0.2, -0.15) is 0 Å². The van der Waals surface area contributed by atoms with Crippen molar-refractivity contribution in [2.45, 2.75) is 39.2 Å². The van der Waals surface area contributed by atoms with Crippen LogP contribution in [0.2, 0.25) is 0 Å². The molecule has 0 bridgehead atoms. The van der Waals surface area contributed by atoms with E-state index in [0.29, 0.717) is 17.7 Å². The van der Waals surface area contributed by atoms with E-state index in [-0.39, 0.29) is 5.78 Å². The summed E-state index contributed by atoms with van der Waals surface area (Å²) in [5.41, 5.74) is 0.586. The summed E-state index contributed by atoms with van der Waals surface area (Å²) >= 11 is 0. The quantitative estimate of drug-likeness (QED) is 0.756. The van der Waals surface area contributed by atoms with Crippen molar-refractivity contribution < 1.29 is 19.4 Å². The van der Waals surface area contributed by atoms with Gasteiger partial charge in [0.1, 0.15) is 5.75 Å². The molecule has 1 N–H and O–H groups in total. The second kappa shape index (κ2) is 6.79. The van der Waals surface area contributed by atoms with Gasteiger partial charge in [-0.25, -0.2) is 4.79 Å². The number of carboxylic acids is 1. The van der Waals surface area contributed by atoms with Gasteiger partial charge in [0.25, 0.3) is 0 Å². The Morgan fingerprint density at radius 1 is 1.28 bits per heavy atom. The van der Waals surface area contributed by atoms with Crippen molar-refractivity contribution in [1.29, 1.82) is 0 Å². The van der Waals surface area contributed by atoms with E-state index in [1.165, 1.54) is 6.92 Å². The normalized spacial score (nSPS) is 11.9. The molecule has 0 aliphatic heterocycles. The van der Waals surface area contributed by atoms with Gasteiger partial charge in [0, 0.05) is 5.56 Å². The van der Waals surface area contributed by atoms with Gasteiger partial charge in [-0.1, -0.05) is 13.3 Å². The molecule has 0 saturated heterocycles. The Morgan fingerprint density at radius 3 is 2.33 bits per heavy atom. The SMILES string of the molecule is CCCCC(Oc1ccc(C(C)=O)cc1)C(=O)O. The van der Waals surface area contributed by atoms with E-state index in [4.69, 9.17) is 9.84 Å².